The lowest BCUT2D eigenvalue weighted by Crippen LogP contribution is -2.12. The Kier molecular flexibility index (Phi) is 3.62. The summed E-state index contributed by atoms with van der Waals surface area (Å²) < 4.78 is 4.26. The number of hydrogen-bond acceptors (Lipinski definition) is 2. The molecule has 0 aromatic heterocycles. The molecular formula is C11H18Cl2O2. The van der Waals surface area contributed by atoms with Gasteiger partial charge in [-0.3, -0.25) is 4.79 Å². The molecule has 1 saturated carbocycles. The summed E-state index contributed by atoms with van der Waals surface area (Å²) in [6, 6.07) is 0. The van der Waals surface area contributed by atoms with E-state index in [9.17, 15) is 4.79 Å². The average molecular weight is 253 g/mol. The van der Waals surface area contributed by atoms with Crippen molar-refractivity contribution in [2.24, 2.45) is 17.3 Å². The number of rotatable bonds is 4. The predicted molar refractivity (Wildman–Crippen MR) is 62.1 cm³/mol. The molecule has 0 aromatic rings. The monoisotopic (exact) mass is 252 g/mol. The molecule has 0 radical (unpaired) electrons. The molecule has 4 heteroatoms. The van der Waals surface area contributed by atoms with Crippen LogP contribution in [0, 0.1) is 17.3 Å². The van der Waals surface area contributed by atoms with Gasteiger partial charge in [0.15, 0.2) is 0 Å². The summed E-state index contributed by atoms with van der Waals surface area (Å²) in [4.78, 5) is 11.6. The summed E-state index contributed by atoms with van der Waals surface area (Å²) in [5.41, 5.74) is -0.0305. The quantitative estimate of drug-likeness (QED) is 0.567. The van der Waals surface area contributed by atoms with Crippen LogP contribution in [0.15, 0.2) is 0 Å². The Bertz CT molecular complexity index is 256. The highest BCUT2D eigenvalue weighted by Gasteiger charge is 2.63. The van der Waals surface area contributed by atoms with Crippen LogP contribution in [0.3, 0.4) is 0 Å². The number of hydrogen-bond donors (Lipinski definition) is 0. The van der Waals surface area contributed by atoms with Crippen molar-refractivity contribution in [3.05, 3.63) is 0 Å². The summed E-state index contributed by atoms with van der Waals surface area (Å²) >= 11 is 11.9. The van der Waals surface area contributed by atoms with E-state index in [1.807, 2.05) is 6.92 Å². The molecule has 0 unspecified atom stereocenters. The van der Waals surface area contributed by atoms with E-state index < -0.39 is 4.33 Å². The van der Waals surface area contributed by atoms with Gasteiger partial charge in [0.1, 0.15) is 4.33 Å². The first-order valence-electron chi connectivity index (χ1n) is 5.24. The van der Waals surface area contributed by atoms with Crippen LogP contribution in [-0.4, -0.2) is 16.9 Å². The van der Waals surface area contributed by atoms with Gasteiger partial charge in [-0.1, -0.05) is 13.8 Å². The van der Waals surface area contributed by atoms with E-state index in [4.69, 9.17) is 27.9 Å². The minimum absolute atomic E-state index is 0.0305. The number of esters is 1. The second-order valence-corrected chi connectivity index (χ2v) is 6.79. The summed E-state index contributed by atoms with van der Waals surface area (Å²) in [5, 5.41) is 0. The van der Waals surface area contributed by atoms with Gasteiger partial charge in [-0.2, -0.15) is 0 Å². The SMILES string of the molecule is CCOC(=O)[C@@H]1[C@H](CC(C)(Cl)Cl)C1(C)C. The molecule has 2 nitrogen and oxygen atoms in total. The van der Waals surface area contributed by atoms with Crippen LogP contribution in [0.5, 0.6) is 0 Å². The maximum atomic E-state index is 11.6. The zero-order valence-electron chi connectivity index (χ0n) is 9.64. The first-order valence-corrected chi connectivity index (χ1v) is 6.00. The van der Waals surface area contributed by atoms with Gasteiger partial charge >= 0.3 is 5.97 Å². The number of carbonyl (C=O) groups is 1. The standard InChI is InChI=1S/C11H18Cl2O2/c1-5-15-9(14)8-7(10(8,2)3)6-11(4,12)13/h7-8H,5-6H2,1-4H3/t7-,8-/m0/s1. The lowest BCUT2D eigenvalue weighted by atomic mass is 10.1. The predicted octanol–water partition coefficient (Wildman–Crippen LogP) is 3.41. The van der Waals surface area contributed by atoms with Crippen molar-refractivity contribution >= 4 is 29.2 Å². The fraction of sp³-hybridized carbons (Fsp3) is 0.909. The zero-order valence-corrected chi connectivity index (χ0v) is 11.2. The lowest BCUT2D eigenvalue weighted by Gasteiger charge is -2.13. The van der Waals surface area contributed by atoms with Gasteiger partial charge in [-0.15, -0.1) is 23.2 Å². The smallest absolute Gasteiger partial charge is 0.309 e. The summed E-state index contributed by atoms with van der Waals surface area (Å²) in [6.45, 7) is 8.11. The molecule has 1 aliphatic rings. The maximum absolute atomic E-state index is 11.6. The fourth-order valence-corrected chi connectivity index (χ4v) is 2.54. The number of ether oxygens (including phenoxy) is 1. The van der Waals surface area contributed by atoms with Crippen LogP contribution in [-0.2, 0) is 9.53 Å². The van der Waals surface area contributed by atoms with Crippen LogP contribution in [0.4, 0.5) is 0 Å². The molecule has 0 aromatic carbocycles. The Morgan fingerprint density at radius 1 is 1.47 bits per heavy atom. The van der Waals surface area contributed by atoms with Gasteiger partial charge < -0.3 is 4.74 Å². The molecule has 0 N–H and O–H groups in total. The van der Waals surface area contributed by atoms with Gasteiger partial charge in [0.05, 0.1) is 12.5 Å². The maximum Gasteiger partial charge on any atom is 0.309 e. The van der Waals surface area contributed by atoms with Crippen LogP contribution in [0.1, 0.15) is 34.1 Å². The van der Waals surface area contributed by atoms with Crippen molar-refractivity contribution in [1.29, 1.82) is 0 Å². The fourth-order valence-electron chi connectivity index (χ4n) is 2.21. The lowest BCUT2D eigenvalue weighted by molar-refractivity contribution is -0.145. The van der Waals surface area contributed by atoms with E-state index in [0.717, 1.165) is 0 Å². The van der Waals surface area contributed by atoms with E-state index in [0.29, 0.717) is 13.0 Å². The molecule has 0 heterocycles. The van der Waals surface area contributed by atoms with Crippen LogP contribution in [0.2, 0.25) is 0 Å². The molecule has 1 rings (SSSR count). The molecule has 1 fully saturated rings. The van der Waals surface area contributed by atoms with Gasteiger partial charge in [0.2, 0.25) is 0 Å². The topological polar surface area (TPSA) is 26.3 Å². The highest BCUT2D eigenvalue weighted by Crippen LogP contribution is 2.62. The molecule has 0 aliphatic heterocycles. The molecule has 0 amide bonds. The van der Waals surface area contributed by atoms with Crippen molar-refractivity contribution in [3.8, 4) is 0 Å². The number of halogens is 2. The molecule has 0 bridgehead atoms. The second kappa shape index (κ2) is 4.14. The molecular weight excluding hydrogens is 235 g/mol. The Morgan fingerprint density at radius 2 is 2.00 bits per heavy atom. The molecule has 88 valence electrons. The molecule has 15 heavy (non-hydrogen) atoms. The highest BCUT2D eigenvalue weighted by atomic mass is 35.5. The van der Waals surface area contributed by atoms with E-state index >= 15 is 0 Å². The van der Waals surface area contributed by atoms with E-state index in [2.05, 4.69) is 13.8 Å². The Hall–Kier alpha value is 0.0500. The van der Waals surface area contributed by atoms with Crippen molar-refractivity contribution in [2.45, 2.75) is 38.4 Å². The Balaban J connectivity index is 2.59. The average Bonchev–Trinajstić information content (AvgIpc) is 2.50. The van der Waals surface area contributed by atoms with Crippen molar-refractivity contribution in [2.75, 3.05) is 6.61 Å². The van der Waals surface area contributed by atoms with E-state index in [-0.39, 0.29) is 23.2 Å². The van der Waals surface area contributed by atoms with Crippen molar-refractivity contribution in [1.82, 2.24) is 0 Å². The summed E-state index contributed by atoms with van der Waals surface area (Å²) in [6.07, 6.45) is 0.632. The van der Waals surface area contributed by atoms with Gasteiger partial charge in [0.25, 0.3) is 0 Å². The molecule has 0 saturated heterocycles. The zero-order chi connectivity index (χ0) is 11.9. The third-order valence-electron chi connectivity index (χ3n) is 3.17. The van der Waals surface area contributed by atoms with Crippen LogP contribution < -0.4 is 0 Å². The number of carbonyl (C=O) groups excluding carboxylic acids is 1. The minimum Gasteiger partial charge on any atom is -0.466 e. The first kappa shape index (κ1) is 13.1. The second-order valence-electron chi connectivity index (χ2n) is 4.93. The Morgan fingerprint density at radius 3 is 2.40 bits per heavy atom. The van der Waals surface area contributed by atoms with Gasteiger partial charge in [-0.25, -0.2) is 0 Å². The third kappa shape index (κ3) is 3.01. The summed E-state index contributed by atoms with van der Waals surface area (Å²) in [7, 11) is 0. The van der Waals surface area contributed by atoms with Crippen molar-refractivity contribution < 1.29 is 9.53 Å². The normalized spacial score (nSPS) is 28.7. The van der Waals surface area contributed by atoms with Crippen molar-refractivity contribution in [3.63, 3.8) is 0 Å². The van der Waals surface area contributed by atoms with E-state index in [1.165, 1.54) is 0 Å². The largest absolute Gasteiger partial charge is 0.466 e. The first-order chi connectivity index (χ1) is 6.70. The molecule has 0 spiro atoms. The highest BCUT2D eigenvalue weighted by molar-refractivity contribution is 6.48. The third-order valence-corrected chi connectivity index (χ3v) is 3.48. The number of alkyl halides is 2. The van der Waals surface area contributed by atoms with E-state index in [1.54, 1.807) is 6.92 Å². The van der Waals surface area contributed by atoms with Gasteiger partial charge in [-0.05, 0) is 31.6 Å². The van der Waals surface area contributed by atoms with Crippen LogP contribution >= 0.6 is 23.2 Å². The van der Waals surface area contributed by atoms with Crippen LogP contribution in [0.25, 0.3) is 0 Å². The minimum atomic E-state index is -0.761. The summed E-state index contributed by atoms with van der Waals surface area (Å²) in [5.74, 6) is 0.0657. The Labute approximate surface area is 101 Å². The molecule has 1 aliphatic carbocycles. The molecule has 2 atom stereocenters. The van der Waals surface area contributed by atoms with Gasteiger partial charge in [0, 0.05) is 0 Å².